The third-order valence-electron chi connectivity index (χ3n) is 4.47. The molecule has 1 saturated heterocycles. The Morgan fingerprint density at radius 3 is 2.66 bits per heavy atom. The zero-order valence-electron chi connectivity index (χ0n) is 16.1. The molecule has 0 saturated carbocycles. The Bertz CT molecular complexity index is 933. The van der Waals surface area contributed by atoms with Crippen molar-refractivity contribution in [2.45, 2.75) is 25.5 Å². The molecular formula is C21H21ClN2O4S. The Hall–Kier alpha value is -2.51. The summed E-state index contributed by atoms with van der Waals surface area (Å²) in [5, 5.41) is 2.78. The molecule has 3 rings (SSSR count). The third-order valence-corrected chi connectivity index (χ3v) is 6.08. The van der Waals surface area contributed by atoms with Crippen LogP contribution >= 0.6 is 23.4 Å². The van der Waals surface area contributed by atoms with Crippen LogP contribution in [0.25, 0.3) is 0 Å². The van der Waals surface area contributed by atoms with Crippen LogP contribution in [-0.2, 0) is 14.4 Å². The molecular weight excluding hydrogens is 412 g/mol. The largest absolute Gasteiger partial charge is 0.494 e. The summed E-state index contributed by atoms with van der Waals surface area (Å²) < 4.78 is 5.38. The van der Waals surface area contributed by atoms with Crippen LogP contribution in [0.2, 0.25) is 5.02 Å². The van der Waals surface area contributed by atoms with Crippen molar-refractivity contribution in [3.8, 4) is 5.75 Å². The highest BCUT2D eigenvalue weighted by atomic mass is 35.5. The number of imide groups is 1. The van der Waals surface area contributed by atoms with Gasteiger partial charge in [-0.2, -0.15) is 0 Å². The summed E-state index contributed by atoms with van der Waals surface area (Å²) >= 11 is 7.22. The van der Waals surface area contributed by atoms with Crippen LogP contribution in [0.1, 0.15) is 18.9 Å². The standard InChI is InChI=1S/C21H21ClN2O4S/c1-3-28-15-9-7-14(8-10-15)24-20(26)11-18(21(24)27)29-12-19(25)23-17-6-4-5-16(22)13(17)2/h4-10,18H,3,11-12H2,1-2H3,(H,23,25)/t18-/m1/s1. The van der Waals surface area contributed by atoms with E-state index in [4.69, 9.17) is 16.3 Å². The first kappa shape index (κ1) is 21.2. The lowest BCUT2D eigenvalue weighted by molar-refractivity contribution is -0.121. The Morgan fingerprint density at radius 2 is 1.97 bits per heavy atom. The highest BCUT2D eigenvalue weighted by molar-refractivity contribution is 8.01. The van der Waals surface area contributed by atoms with E-state index in [0.717, 1.165) is 17.3 Å². The molecule has 0 spiro atoms. The van der Waals surface area contributed by atoms with Gasteiger partial charge in [-0.25, -0.2) is 4.90 Å². The Kier molecular flexibility index (Phi) is 6.82. The number of halogens is 1. The van der Waals surface area contributed by atoms with Crippen molar-refractivity contribution in [2.75, 3.05) is 22.6 Å². The highest BCUT2D eigenvalue weighted by Crippen LogP contribution is 2.31. The van der Waals surface area contributed by atoms with Crippen LogP contribution in [-0.4, -0.2) is 35.3 Å². The van der Waals surface area contributed by atoms with Crippen molar-refractivity contribution in [3.05, 3.63) is 53.1 Å². The predicted molar refractivity (Wildman–Crippen MR) is 116 cm³/mol. The van der Waals surface area contributed by atoms with Crippen LogP contribution in [0, 0.1) is 6.92 Å². The SMILES string of the molecule is CCOc1ccc(N2C(=O)C[C@@H](SCC(=O)Nc3cccc(Cl)c3C)C2=O)cc1. The van der Waals surface area contributed by atoms with Crippen molar-refractivity contribution in [1.29, 1.82) is 0 Å². The number of hydrogen-bond donors (Lipinski definition) is 1. The summed E-state index contributed by atoms with van der Waals surface area (Å²) in [6.07, 6.45) is 0.0696. The lowest BCUT2D eigenvalue weighted by atomic mass is 10.2. The van der Waals surface area contributed by atoms with Crippen LogP contribution in [0.5, 0.6) is 5.75 Å². The number of ether oxygens (including phenoxy) is 1. The van der Waals surface area contributed by atoms with E-state index in [0.29, 0.717) is 28.8 Å². The maximum Gasteiger partial charge on any atom is 0.247 e. The van der Waals surface area contributed by atoms with Crippen LogP contribution < -0.4 is 15.0 Å². The number of anilines is 2. The molecule has 2 aromatic rings. The van der Waals surface area contributed by atoms with E-state index in [1.165, 1.54) is 4.90 Å². The third kappa shape index (κ3) is 4.92. The van der Waals surface area contributed by atoms with E-state index in [1.54, 1.807) is 42.5 Å². The van der Waals surface area contributed by atoms with Gasteiger partial charge >= 0.3 is 0 Å². The lowest BCUT2D eigenvalue weighted by Crippen LogP contribution is -2.31. The molecule has 1 atom stereocenters. The van der Waals surface area contributed by atoms with Gasteiger partial charge < -0.3 is 10.1 Å². The van der Waals surface area contributed by atoms with Crippen molar-refractivity contribution < 1.29 is 19.1 Å². The predicted octanol–water partition coefficient (Wildman–Crippen LogP) is 4.05. The van der Waals surface area contributed by atoms with Gasteiger partial charge in [-0.3, -0.25) is 14.4 Å². The van der Waals surface area contributed by atoms with Gasteiger partial charge in [-0.15, -0.1) is 11.8 Å². The van der Waals surface area contributed by atoms with E-state index in [1.807, 2.05) is 13.8 Å². The molecule has 0 aliphatic carbocycles. The smallest absolute Gasteiger partial charge is 0.247 e. The average Bonchev–Trinajstić information content (AvgIpc) is 2.98. The minimum absolute atomic E-state index is 0.0623. The van der Waals surface area contributed by atoms with Gasteiger partial charge in [0.1, 0.15) is 5.75 Å². The minimum atomic E-state index is -0.583. The molecule has 8 heteroatoms. The highest BCUT2D eigenvalue weighted by Gasteiger charge is 2.40. The topological polar surface area (TPSA) is 75.7 Å². The second-order valence-electron chi connectivity index (χ2n) is 6.46. The van der Waals surface area contributed by atoms with Gasteiger partial charge in [0.05, 0.1) is 23.3 Å². The fourth-order valence-corrected chi connectivity index (χ4v) is 4.08. The monoisotopic (exact) mass is 432 g/mol. The van der Waals surface area contributed by atoms with Crippen molar-refractivity contribution in [2.24, 2.45) is 0 Å². The molecule has 1 fully saturated rings. The quantitative estimate of drug-likeness (QED) is 0.668. The first-order valence-corrected chi connectivity index (χ1v) is 10.6. The molecule has 1 aliphatic rings. The second kappa shape index (κ2) is 9.33. The molecule has 6 nitrogen and oxygen atoms in total. The molecule has 1 heterocycles. The number of carbonyl (C=O) groups excluding carboxylic acids is 3. The second-order valence-corrected chi connectivity index (χ2v) is 8.06. The van der Waals surface area contributed by atoms with Crippen molar-refractivity contribution >= 4 is 52.5 Å². The molecule has 3 amide bonds. The summed E-state index contributed by atoms with van der Waals surface area (Å²) in [7, 11) is 0. The summed E-state index contributed by atoms with van der Waals surface area (Å²) in [6, 6.07) is 12.1. The van der Waals surface area contributed by atoms with Gasteiger partial charge in [0.2, 0.25) is 17.7 Å². The van der Waals surface area contributed by atoms with Gasteiger partial charge in [0.15, 0.2) is 0 Å². The molecule has 29 heavy (non-hydrogen) atoms. The fourth-order valence-electron chi connectivity index (χ4n) is 2.97. The summed E-state index contributed by atoms with van der Waals surface area (Å²) in [5.74, 6) is -0.0970. The Morgan fingerprint density at radius 1 is 1.24 bits per heavy atom. The van der Waals surface area contributed by atoms with Gasteiger partial charge in [0, 0.05) is 17.1 Å². The van der Waals surface area contributed by atoms with Crippen molar-refractivity contribution in [3.63, 3.8) is 0 Å². The molecule has 0 bridgehead atoms. The normalized spacial score (nSPS) is 16.2. The maximum atomic E-state index is 12.7. The van der Waals surface area contributed by atoms with E-state index < -0.39 is 5.25 Å². The Labute approximate surface area is 178 Å². The fraction of sp³-hybridized carbons (Fsp3) is 0.286. The number of amides is 3. The van der Waals surface area contributed by atoms with E-state index in [-0.39, 0.29) is 29.9 Å². The van der Waals surface area contributed by atoms with Gasteiger partial charge in [-0.1, -0.05) is 17.7 Å². The van der Waals surface area contributed by atoms with Crippen LogP contribution in [0.4, 0.5) is 11.4 Å². The number of hydrogen-bond acceptors (Lipinski definition) is 5. The van der Waals surface area contributed by atoms with Gasteiger partial charge in [0.25, 0.3) is 0 Å². The first-order valence-electron chi connectivity index (χ1n) is 9.17. The van der Waals surface area contributed by atoms with Crippen molar-refractivity contribution in [1.82, 2.24) is 0 Å². The number of benzene rings is 2. The minimum Gasteiger partial charge on any atom is -0.494 e. The lowest BCUT2D eigenvalue weighted by Gasteiger charge is -2.15. The summed E-state index contributed by atoms with van der Waals surface area (Å²) in [6.45, 7) is 4.24. The summed E-state index contributed by atoms with van der Waals surface area (Å²) in [4.78, 5) is 38.5. The van der Waals surface area contributed by atoms with Gasteiger partial charge in [-0.05, 0) is 55.8 Å². The molecule has 0 aromatic heterocycles. The maximum absolute atomic E-state index is 12.7. The Balaban J connectivity index is 1.59. The van der Waals surface area contributed by atoms with Crippen LogP contribution in [0.3, 0.4) is 0 Å². The molecule has 1 N–H and O–H groups in total. The first-order chi connectivity index (χ1) is 13.9. The molecule has 0 unspecified atom stereocenters. The number of nitrogens with one attached hydrogen (secondary N) is 1. The average molecular weight is 433 g/mol. The number of rotatable bonds is 7. The molecule has 0 radical (unpaired) electrons. The summed E-state index contributed by atoms with van der Waals surface area (Å²) in [5.41, 5.74) is 1.92. The molecule has 152 valence electrons. The van der Waals surface area contributed by atoms with E-state index >= 15 is 0 Å². The number of carbonyl (C=O) groups is 3. The zero-order chi connectivity index (χ0) is 21.0. The number of thioether (sulfide) groups is 1. The van der Waals surface area contributed by atoms with Crippen LogP contribution in [0.15, 0.2) is 42.5 Å². The van der Waals surface area contributed by atoms with E-state index in [9.17, 15) is 14.4 Å². The molecule has 2 aromatic carbocycles. The number of nitrogens with zero attached hydrogens (tertiary/aromatic N) is 1. The van der Waals surface area contributed by atoms with E-state index in [2.05, 4.69) is 5.32 Å². The molecule has 1 aliphatic heterocycles. The zero-order valence-corrected chi connectivity index (χ0v) is 17.7.